The van der Waals surface area contributed by atoms with Crippen LogP contribution in [0.3, 0.4) is 0 Å². The minimum absolute atomic E-state index is 0.0703. The maximum Gasteiger partial charge on any atom is 0.275 e. The molecule has 1 saturated carbocycles. The van der Waals surface area contributed by atoms with Gasteiger partial charge < -0.3 is 14.5 Å². The predicted octanol–water partition coefficient (Wildman–Crippen LogP) is 3.22. The highest BCUT2D eigenvalue weighted by molar-refractivity contribution is 5.80. The van der Waals surface area contributed by atoms with Crippen LogP contribution in [0.25, 0.3) is 10.9 Å². The number of aromatic nitrogens is 2. The van der Waals surface area contributed by atoms with Crippen molar-refractivity contribution in [2.45, 2.75) is 51.7 Å². The largest absolute Gasteiger partial charge is 0.352 e. The van der Waals surface area contributed by atoms with E-state index in [0.717, 1.165) is 18.2 Å². The summed E-state index contributed by atoms with van der Waals surface area (Å²) in [5.41, 5.74) is 2.91. The number of hydrogen-bond acceptors (Lipinski definition) is 2. The summed E-state index contributed by atoms with van der Waals surface area (Å²) in [7, 11) is 0. The zero-order valence-corrected chi connectivity index (χ0v) is 15.6. The molecule has 5 heteroatoms. The Labute approximate surface area is 158 Å². The molecule has 1 aromatic carbocycles. The second kappa shape index (κ2) is 7.43. The SMILES string of the molecule is Cc1ccccc1Cn1ccc2ccn(CC(=O)NC3CCCC3)c(=O)c21. The third-order valence-corrected chi connectivity index (χ3v) is 5.53. The van der Waals surface area contributed by atoms with Gasteiger partial charge >= 0.3 is 0 Å². The molecule has 0 aliphatic heterocycles. The second-order valence-corrected chi connectivity index (χ2v) is 7.47. The fourth-order valence-electron chi connectivity index (χ4n) is 3.97. The van der Waals surface area contributed by atoms with Gasteiger partial charge in [0.15, 0.2) is 0 Å². The fourth-order valence-corrected chi connectivity index (χ4v) is 3.97. The van der Waals surface area contributed by atoms with Gasteiger partial charge in [0.1, 0.15) is 12.1 Å². The summed E-state index contributed by atoms with van der Waals surface area (Å²) < 4.78 is 3.49. The lowest BCUT2D eigenvalue weighted by Crippen LogP contribution is -2.37. The average molecular weight is 363 g/mol. The maximum atomic E-state index is 13.0. The number of amides is 1. The van der Waals surface area contributed by atoms with E-state index in [1.165, 1.54) is 28.5 Å². The molecule has 1 N–H and O–H groups in total. The highest BCUT2D eigenvalue weighted by Gasteiger charge is 2.18. The molecule has 5 nitrogen and oxygen atoms in total. The number of rotatable bonds is 5. The number of nitrogens with zero attached hydrogens (tertiary/aromatic N) is 2. The molecule has 1 aliphatic rings. The van der Waals surface area contributed by atoms with E-state index in [0.29, 0.717) is 12.1 Å². The predicted molar refractivity (Wildman–Crippen MR) is 107 cm³/mol. The van der Waals surface area contributed by atoms with Crippen molar-refractivity contribution in [1.29, 1.82) is 0 Å². The van der Waals surface area contributed by atoms with Gasteiger partial charge in [-0.05, 0) is 43.0 Å². The normalized spacial score (nSPS) is 14.7. The van der Waals surface area contributed by atoms with Crippen LogP contribution in [-0.2, 0) is 17.9 Å². The molecule has 0 radical (unpaired) electrons. The lowest BCUT2D eigenvalue weighted by molar-refractivity contribution is -0.122. The topological polar surface area (TPSA) is 56.0 Å². The molecule has 27 heavy (non-hydrogen) atoms. The molecule has 0 saturated heterocycles. The quantitative estimate of drug-likeness (QED) is 0.757. The van der Waals surface area contributed by atoms with Gasteiger partial charge in [0.2, 0.25) is 5.91 Å². The van der Waals surface area contributed by atoms with Crippen molar-refractivity contribution in [2.75, 3.05) is 0 Å². The molecule has 140 valence electrons. The number of aryl methyl sites for hydroxylation is 1. The third kappa shape index (κ3) is 3.68. The van der Waals surface area contributed by atoms with Crippen LogP contribution >= 0.6 is 0 Å². The van der Waals surface area contributed by atoms with Crippen LogP contribution < -0.4 is 10.9 Å². The van der Waals surface area contributed by atoms with Crippen molar-refractivity contribution in [3.8, 4) is 0 Å². The monoisotopic (exact) mass is 363 g/mol. The highest BCUT2D eigenvalue weighted by atomic mass is 16.2. The molecule has 0 unspecified atom stereocenters. The van der Waals surface area contributed by atoms with Crippen LogP contribution in [0.15, 0.2) is 53.6 Å². The van der Waals surface area contributed by atoms with Gasteiger partial charge in [-0.3, -0.25) is 9.59 Å². The van der Waals surface area contributed by atoms with Crippen molar-refractivity contribution in [2.24, 2.45) is 0 Å². The number of hydrogen-bond donors (Lipinski definition) is 1. The Balaban J connectivity index is 1.60. The number of benzene rings is 1. The zero-order chi connectivity index (χ0) is 18.8. The van der Waals surface area contributed by atoms with Gasteiger partial charge in [-0.1, -0.05) is 37.1 Å². The van der Waals surface area contributed by atoms with Gasteiger partial charge in [-0.25, -0.2) is 0 Å². The van der Waals surface area contributed by atoms with Gasteiger partial charge in [0, 0.05) is 30.4 Å². The molecule has 3 aromatic rings. The van der Waals surface area contributed by atoms with Crippen molar-refractivity contribution in [3.05, 3.63) is 70.3 Å². The Morgan fingerprint density at radius 3 is 2.52 bits per heavy atom. The van der Waals surface area contributed by atoms with Crippen molar-refractivity contribution in [1.82, 2.24) is 14.5 Å². The molecule has 1 fully saturated rings. The van der Waals surface area contributed by atoms with Gasteiger partial charge in [0.25, 0.3) is 5.56 Å². The molecule has 2 aromatic heterocycles. The van der Waals surface area contributed by atoms with Crippen molar-refractivity contribution >= 4 is 16.8 Å². The van der Waals surface area contributed by atoms with E-state index in [1.54, 1.807) is 6.20 Å². The molecular weight excluding hydrogens is 338 g/mol. The van der Waals surface area contributed by atoms with Crippen LogP contribution in [0.2, 0.25) is 0 Å². The summed E-state index contributed by atoms with van der Waals surface area (Å²) in [6.45, 7) is 2.79. The number of carbonyl (C=O) groups is 1. The number of pyridine rings is 1. The van der Waals surface area contributed by atoms with Crippen LogP contribution in [-0.4, -0.2) is 21.1 Å². The second-order valence-electron chi connectivity index (χ2n) is 7.47. The van der Waals surface area contributed by atoms with E-state index in [1.807, 2.05) is 35.0 Å². The summed E-state index contributed by atoms with van der Waals surface area (Å²) in [4.78, 5) is 25.4. The minimum atomic E-state index is -0.118. The first-order valence-corrected chi connectivity index (χ1v) is 9.64. The molecule has 1 aliphatic carbocycles. The lowest BCUT2D eigenvalue weighted by atomic mass is 10.1. The van der Waals surface area contributed by atoms with E-state index >= 15 is 0 Å². The number of fused-ring (bicyclic) bond motifs is 1. The fraction of sp³-hybridized carbons (Fsp3) is 0.364. The van der Waals surface area contributed by atoms with Crippen LogP contribution in [0, 0.1) is 6.92 Å². The first-order chi connectivity index (χ1) is 13.1. The zero-order valence-electron chi connectivity index (χ0n) is 15.6. The molecule has 0 bridgehead atoms. The van der Waals surface area contributed by atoms with Gasteiger partial charge in [-0.2, -0.15) is 0 Å². The number of nitrogens with one attached hydrogen (secondary N) is 1. The Morgan fingerprint density at radius 2 is 1.78 bits per heavy atom. The molecule has 1 amide bonds. The molecule has 0 atom stereocenters. The summed E-state index contributed by atoms with van der Waals surface area (Å²) in [5.74, 6) is -0.0830. The molecule has 4 rings (SSSR count). The van der Waals surface area contributed by atoms with E-state index in [-0.39, 0.29) is 24.1 Å². The Kier molecular flexibility index (Phi) is 4.84. The lowest BCUT2D eigenvalue weighted by Gasteiger charge is -2.13. The van der Waals surface area contributed by atoms with Gasteiger partial charge in [0.05, 0.1) is 0 Å². The average Bonchev–Trinajstić information content (AvgIpc) is 3.30. The van der Waals surface area contributed by atoms with E-state index in [4.69, 9.17) is 0 Å². The minimum Gasteiger partial charge on any atom is -0.352 e. The first-order valence-electron chi connectivity index (χ1n) is 9.64. The standard InChI is InChI=1S/C22H25N3O2/c1-16-6-2-3-7-18(16)14-24-12-10-17-11-13-25(22(27)21(17)24)15-20(26)23-19-8-4-5-9-19/h2-3,6-7,10-13,19H,4-5,8-9,14-15H2,1H3,(H,23,26). The number of carbonyl (C=O) groups excluding carboxylic acids is 1. The van der Waals surface area contributed by atoms with Crippen LogP contribution in [0.4, 0.5) is 0 Å². The summed E-state index contributed by atoms with van der Waals surface area (Å²) in [6, 6.07) is 12.3. The third-order valence-electron chi connectivity index (χ3n) is 5.53. The molecule has 2 heterocycles. The van der Waals surface area contributed by atoms with Crippen molar-refractivity contribution in [3.63, 3.8) is 0 Å². The maximum absolute atomic E-state index is 13.0. The highest BCUT2D eigenvalue weighted by Crippen LogP contribution is 2.18. The first kappa shape index (κ1) is 17.6. The van der Waals surface area contributed by atoms with Gasteiger partial charge in [-0.15, -0.1) is 0 Å². The Bertz CT molecular complexity index is 1030. The van der Waals surface area contributed by atoms with E-state index in [9.17, 15) is 9.59 Å². The Hall–Kier alpha value is -2.82. The summed E-state index contributed by atoms with van der Waals surface area (Å²) in [6.07, 6.45) is 8.09. The Morgan fingerprint density at radius 1 is 1.07 bits per heavy atom. The van der Waals surface area contributed by atoms with Crippen molar-refractivity contribution < 1.29 is 4.79 Å². The van der Waals surface area contributed by atoms with E-state index < -0.39 is 0 Å². The van der Waals surface area contributed by atoms with E-state index in [2.05, 4.69) is 24.4 Å². The van der Waals surface area contributed by atoms with Crippen LogP contribution in [0.1, 0.15) is 36.8 Å². The summed E-state index contributed by atoms with van der Waals surface area (Å²) in [5, 5.41) is 3.96. The molecule has 0 spiro atoms. The van der Waals surface area contributed by atoms with Crippen LogP contribution in [0.5, 0.6) is 0 Å². The molecular formula is C22H25N3O2. The summed E-state index contributed by atoms with van der Waals surface area (Å²) >= 11 is 0. The smallest absolute Gasteiger partial charge is 0.275 e.